The van der Waals surface area contributed by atoms with Gasteiger partial charge in [-0.15, -0.1) is 0 Å². The third-order valence-electron chi connectivity index (χ3n) is 5.51. The second-order valence-corrected chi connectivity index (χ2v) is 8.37. The van der Waals surface area contributed by atoms with Crippen LogP contribution < -0.4 is 21.7 Å². The third-order valence-corrected chi connectivity index (χ3v) is 5.51. The summed E-state index contributed by atoms with van der Waals surface area (Å²) in [5.74, 6) is -1.73. The van der Waals surface area contributed by atoms with Crippen molar-refractivity contribution in [3.8, 4) is 11.1 Å². The van der Waals surface area contributed by atoms with E-state index in [0.717, 1.165) is 11.1 Å². The Labute approximate surface area is 207 Å². The number of fused-ring (bicyclic) bond motifs is 1. The number of rotatable bonds is 6. The van der Waals surface area contributed by atoms with Gasteiger partial charge in [0.05, 0.1) is 18.0 Å². The average molecular weight is 484 g/mol. The molecule has 182 valence electrons. The summed E-state index contributed by atoms with van der Waals surface area (Å²) in [5.41, 5.74) is 6.66. The minimum atomic E-state index is -0.684. The number of amides is 3. The van der Waals surface area contributed by atoms with E-state index in [1.165, 1.54) is 4.68 Å². The molecule has 3 amide bonds. The first-order valence-electron chi connectivity index (χ1n) is 11.4. The Balaban J connectivity index is 1.36. The summed E-state index contributed by atoms with van der Waals surface area (Å²) >= 11 is 0. The number of hydrazine groups is 1. The standard InChI is InChI=1S/C27H25N5O4/c1-17(2)32-27(36)22-11-7-6-10-21(22)24(31-32)26(35)30-29-23(33)16-28-25(34)20-14-12-19(13-15-20)18-8-4-3-5-9-18/h3-15,17H,16H2,1-2H3,(H,28,34)(H,29,33)(H,30,35). The number of benzene rings is 3. The lowest BCUT2D eigenvalue weighted by atomic mass is 10.0. The Bertz CT molecular complexity index is 1480. The zero-order valence-corrected chi connectivity index (χ0v) is 19.8. The predicted molar refractivity (Wildman–Crippen MR) is 136 cm³/mol. The molecule has 0 saturated heterocycles. The van der Waals surface area contributed by atoms with Gasteiger partial charge in [0.15, 0.2) is 5.69 Å². The number of aromatic nitrogens is 2. The summed E-state index contributed by atoms with van der Waals surface area (Å²) in [6.07, 6.45) is 0. The molecule has 1 aromatic heterocycles. The van der Waals surface area contributed by atoms with Gasteiger partial charge in [0.1, 0.15) is 0 Å². The molecule has 9 heteroatoms. The van der Waals surface area contributed by atoms with Gasteiger partial charge in [0, 0.05) is 10.9 Å². The maximum Gasteiger partial charge on any atom is 0.290 e. The van der Waals surface area contributed by atoms with E-state index in [9.17, 15) is 19.2 Å². The number of carbonyl (C=O) groups is 3. The Hall–Kier alpha value is -4.79. The molecule has 0 aliphatic carbocycles. The molecule has 3 aromatic carbocycles. The Morgan fingerprint density at radius 2 is 1.39 bits per heavy atom. The fourth-order valence-corrected chi connectivity index (χ4v) is 3.66. The molecule has 0 fully saturated rings. The zero-order valence-electron chi connectivity index (χ0n) is 19.8. The first-order chi connectivity index (χ1) is 17.3. The number of hydrogen-bond acceptors (Lipinski definition) is 5. The van der Waals surface area contributed by atoms with Crippen molar-refractivity contribution in [3.05, 3.63) is 100 Å². The SMILES string of the molecule is CC(C)n1nc(C(=O)NNC(=O)CNC(=O)c2ccc(-c3ccccc3)cc2)c2ccccc2c1=O. The highest BCUT2D eigenvalue weighted by atomic mass is 16.2. The number of hydrogen-bond donors (Lipinski definition) is 3. The van der Waals surface area contributed by atoms with Crippen molar-refractivity contribution in [2.24, 2.45) is 0 Å². The van der Waals surface area contributed by atoms with Crippen LogP contribution in [0.1, 0.15) is 40.7 Å². The zero-order chi connectivity index (χ0) is 25.7. The van der Waals surface area contributed by atoms with Crippen LogP contribution in [-0.2, 0) is 4.79 Å². The molecule has 4 rings (SSSR count). The van der Waals surface area contributed by atoms with Gasteiger partial charge in [-0.3, -0.25) is 30.0 Å². The van der Waals surface area contributed by atoms with E-state index < -0.39 is 17.7 Å². The van der Waals surface area contributed by atoms with Gasteiger partial charge in [-0.05, 0) is 43.2 Å². The topological polar surface area (TPSA) is 122 Å². The van der Waals surface area contributed by atoms with Gasteiger partial charge in [-0.2, -0.15) is 5.10 Å². The molecule has 9 nitrogen and oxygen atoms in total. The van der Waals surface area contributed by atoms with Crippen LogP contribution in [0, 0.1) is 0 Å². The van der Waals surface area contributed by atoms with E-state index in [1.54, 1.807) is 50.2 Å². The fraction of sp³-hybridized carbons (Fsp3) is 0.148. The first kappa shape index (κ1) is 24.3. The molecule has 0 aliphatic rings. The van der Waals surface area contributed by atoms with Crippen LogP contribution in [-0.4, -0.2) is 34.0 Å². The second-order valence-electron chi connectivity index (χ2n) is 8.37. The van der Waals surface area contributed by atoms with Crippen molar-refractivity contribution in [2.75, 3.05) is 6.54 Å². The van der Waals surface area contributed by atoms with Crippen molar-refractivity contribution in [1.82, 2.24) is 25.9 Å². The smallest absolute Gasteiger partial charge is 0.290 e. The molecule has 0 radical (unpaired) electrons. The van der Waals surface area contributed by atoms with Crippen molar-refractivity contribution in [3.63, 3.8) is 0 Å². The van der Waals surface area contributed by atoms with Gasteiger partial charge in [-0.25, -0.2) is 4.68 Å². The quantitative estimate of drug-likeness (QED) is 0.364. The van der Waals surface area contributed by atoms with Crippen molar-refractivity contribution >= 4 is 28.5 Å². The Kier molecular flexibility index (Phi) is 7.20. The number of nitrogens with zero attached hydrogens (tertiary/aromatic N) is 2. The molecule has 4 aromatic rings. The lowest BCUT2D eigenvalue weighted by Crippen LogP contribution is -2.47. The molecule has 3 N–H and O–H groups in total. The molecule has 0 unspecified atom stereocenters. The van der Waals surface area contributed by atoms with E-state index in [-0.39, 0.29) is 23.8 Å². The van der Waals surface area contributed by atoms with Crippen molar-refractivity contribution < 1.29 is 14.4 Å². The maximum absolute atomic E-state index is 12.8. The first-order valence-corrected chi connectivity index (χ1v) is 11.4. The molecule has 36 heavy (non-hydrogen) atoms. The van der Waals surface area contributed by atoms with E-state index in [4.69, 9.17) is 0 Å². The van der Waals surface area contributed by atoms with Gasteiger partial charge in [-0.1, -0.05) is 60.7 Å². The number of nitrogens with one attached hydrogen (secondary N) is 3. The molecule has 0 aliphatic heterocycles. The lowest BCUT2D eigenvalue weighted by molar-refractivity contribution is -0.120. The van der Waals surface area contributed by atoms with Crippen LogP contribution in [0.3, 0.4) is 0 Å². The Morgan fingerprint density at radius 3 is 2.06 bits per heavy atom. The van der Waals surface area contributed by atoms with Gasteiger partial charge in [0.2, 0.25) is 0 Å². The average Bonchev–Trinajstić information content (AvgIpc) is 2.91. The molecule has 0 atom stereocenters. The minimum absolute atomic E-state index is 0.00161. The lowest BCUT2D eigenvalue weighted by Gasteiger charge is -2.14. The summed E-state index contributed by atoms with van der Waals surface area (Å²) in [6.45, 7) is 3.22. The largest absolute Gasteiger partial charge is 0.343 e. The molecule has 0 saturated carbocycles. The van der Waals surface area contributed by atoms with Gasteiger partial charge >= 0.3 is 0 Å². The van der Waals surface area contributed by atoms with Crippen LogP contribution in [0.2, 0.25) is 0 Å². The normalized spacial score (nSPS) is 10.8. The summed E-state index contributed by atoms with van der Waals surface area (Å²) in [6, 6.07) is 23.2. The van der Waals surface area contributed by atoms with Crippen LogP contribution in [0.15, 0.2) is 83.7 Å². The minimum Gasteiger partial charge on any atom is -0.343 e. The van der Waals surface area contributed by atoms with E-state index in [0.29, 0.717) is 16.3 Å². The molecular weight excluding hydrogens is 458 g/mol. The summed E-state index contributed by atoms with van der Waals surface area (Å²) in [5, 5.41) is 7.43. The highest BCUT2D eigenvalue weighted by Crippen LogP contribution is 2.19. The van der Waals surface area contributed by atoms with Gasteiger partial charge in [0.25, 0.3) is 23.3 Å². The van der Waals surface area contributed by atoms with Crippen LogP contribution in [0.4, 0.5) is 0 Å². The molecule has 0 spiro atoms. The van der Waals surface area contributed by atoms with Crippen LogP contribution >= 0.6 is 0 Å². The van der Waals surface area contributed by atoms with Crippen molar-refractivity contribution in [2.45, 2.75) is 19.9 Å². The summed E-state index contributed by atoms with van der Waals surface area (Å²) in [4.78, 5) is 50.0. The highest BCUT2D eigenvalue weighted by molar-refractivity contribution is 6.05. The second kappa shape index (κ2) is 10.6. The summed E-state index contributed by atoms with van der Waals surface area (Å²) in [7, 11) is 0. The molecule has 1 heterocycles. The predicted octanol–water partition coefficient (Wildman–Crippen LogP) is 2.84. The monoisotopic (exact) mass is 483 g/mol. The maximum atomic E-state index is 12.8. The van der Waals surface area contributed by atoms with Crippen molar-refractivity contribution in [1.29, 1.82) is 0 Å². The molecular formula is C27H25N5O4. The van der Waals surface area contributed by atoms with Crippen LogP contribution in [0.5, 0.6) is 0 Å². The van der Waals surface area contributed by atoms with Crippen LogP contribution in [0.25, 0.3) is 21.9 Å². The number of carbonyl (C=O) groups excluding carboxylic acids is 3. The van der Waals surface area contributed by atoms with Gasteiger partial charge < -0.3 is 5.32 Å². The third kappa shape index (κ3) is 5.30. The molecule has 0 bridgehead atoms. The fourth-order valence-electron chi connectivity index (χ4n) is 3.66. The van der Waals surface area contributed by atoms with E-state index in [1.807, 2.05) is 42.5 Å². The highest BCUT2D eigenvalue weighted by Gasteiger charge is 2.18. The summed E-state index contributed by atoms with van der Waals surface area (Å²) < 4.78 is 1.22. The Morgan fingerprint density at radius 1 is 0.778 bits per heavy atom. The van der Waals surface area contributed by atoms with E-state index >= 15 is 0 Å². The van der Waals surface area contributed by atoms with E-state index in [2.05, 4.69) is 21.3 Å².